The molecule has 0 aromatic heterocycles. The number of amides is 2. The van der Waals surface area contributed by atoms with E-state index in [4.69, 9.17) is 16.3 Å². The Morgan fingerprint density at radius 2 is 1.91 bits per heavy atom. The topological polar surface area (TPSA) is 247 Å². The van der Waals surface area contributed by atoms with Gasteiger partial charge in [-0.2, -0.15) is 21.9 Å². The summed E-state index contributed by atoms with van der Waals surface area (Å²) in [6, 6.07) is -4.93. The first-order valence-electron chi connectivity index (χ1n) is 9.22. The van der Waals surface area contributed by atoms with Crippen LogP contribution in [0.3, 0.4) is 0 Å². The lowest BCUT2D eigenvalue weighted by Crippen LogP contribution is -2.55. The molecule has 16 heteroatoms. The molecule has 5 atom stereocenters. The number of carbonyl (C=O) groups is 5. The lowest BCUT2D eigenvalue weighted by atomic mass is 10.0. The number of nitrogens with zero attached hydrogens (tertiary/aromatic N) is 2. The Bertz CT molecular complexity index is 752. The zero-order chi connectivity index (χ0) is 24.4. The summed E-state index contributed by atoms with van der Waals surface area (Å²) in [6.45, 7) is 0.681. The van der Waals surface area contributed by atoms with Crippen molar-refractivity contribution in [2.75, 3.05) is 18.1 Å². The fraction of sp³-hybridized carbons (Fsp3) is 0.625. The second-order valence-electron chi connectivity index (χ2n) is 6.72. The van der Waals surface area contributed by atoms with E-state index in [1.54, 1.807) is 0 Å². The summed E-state index contributed by atoms with van der Waals surface area (Å²) in [6.07, 6.45) is -0.535. The molecule has 0 aromatic rings. The van der Waals surface area contributed by atoms with Crippen molar-refractivity contribution < 1.29 is 44.1 Å². The van der Waals surface area contributed by atoms with Crippen LogP contribution >= 0.6 is 11.8 Å². The molecule has 32 heavy (non-hydrogen) atoms. The van der Waals surface area contributed by atoms with Crippen LogP contribution in [-0.4, -0.2) is 105 Å². The second-order valence-corrected chi connectivity index (χ2v) is 7.80. The van der Waals surface area contributed by atoms with Crippen molar-refractivity contribution in [2.45, 2.75) is 43.6 Å². The number of aliphatic carboxylic acids is 2. The minimum atomic E-state index is -1.57. The van der Waals surface area contributed by atoms with Crippen LogP contribution in [0.25, 0.3) is 0 Å². The molecule has 0 aliphatic carbocycles. The van der Waals surface area contributed by atoms with E-state index in [0.717, 1.165) is 18.7 Å². The maximum absolute atomic E-state index is 11.8. The predicted octanol–water partition coefficient (Wildman–Crippen LogP) is -3.47. The molecule has 0 aromatic carbocycles. The first-order valence-corrected chi connectivity index (χ1v) is 10.4. The largest absolute Gasteiger partial charge is 0.480 e. The van der Waals surface area contributed by atoms with Crippen LogP contribution in [-0.2, 0) is 28.7 Å². The maximum atomic E-state index is 11.8. The first kappa shape index (κ1) is 27.1. The van der Waals surface area contributed by atoms with Gasteiger partial charge in [0.1, 0.15) is 24.4 Å². The van der Waals surface area contributed by atoms with E-state index in [0.29, 0.717) is 11.3 Å². The fourth-order valence-corrected chi connectivity index (χ4v) is 4.25. The minimum absolute atomic E-state index is 0.00868. The summed E-state index contributed by atoms with van der Waals surface area (Å²) in [5.41, 5.74) is 5.20. The molecule has 0 spiro atoms. The van der Waals surface area contributed by atoms with E-state index in [1.165, 1.54) is 0 Å². The number of carboxylic acids is 2. The molecule has 0 bridgehead atoms. The van der Waals surface area contributed by atoms with Gasteiger partial charge in [0, 0.05) is 24.9 Å². The minimum Gasteiger partial charge on any atom is -0.480 e. The van der Waals surface area contributed by atoms with Gasteiger partial charge in [0.25, 0.3) is 0 Å². The number of carbonyl (C=O) groups excluding carboxylic acids is 3. The summed E-state index contributed by atoms with van der Waals surface area (Å²) in [7, 11) is 0. The highest BCUT2D eigenvalue weighted by molar-refractivity contribution is 7.99. The number of thioether (sulfide) groups is 1. The monoisotopic (exact) mass is 478 g/mol. The van der Waals surface area contributed by atoms with Gasteiger partial charge in [0.2, 0.25) is 11.8 Å². The van der Waals surface area contributed by atoms with E-state index < -0.39 is 66.5 Å². The zero-order valence-electron chi connectivity index (χ0n) is 17.0. The van der Waals surface area contributed by atoms with Crippen molar-refractivity contribution in [2.24, 2.45) is 16.7 Å². The van der Waals surface area contributed by atoms with Crippen LogP contribution in [0.4, 0.5) is 0 Å². The van der Waals surface area contributed by atoms with Gasteiger partial charge in [0.05, 0.1) is 18.6 Å². The molecule has 1 aliphatic heterocycles. The third kappa shape index (κ3) is 7.95. The predicted molar refractivity (Wildman–Crippen MR) is 110 cm³/mol. The standard InChI is InChI=1S/C16H26N6O9S/c1-7(23)20-8(15(26)27)5-32-6-10-11(31-13(25)4-19-18)2-9(22(10)30)14(16(28)29)21-12(24)3-17/h4,8-11,14,30H,2-3,5-6,17-18H2,1H3,(H,20,23)(H,21,24)(H,26,27)(H,28,29)/b19-4+/t8-,9?,10?,11?,14?/m0/s1. The smallest absolute Gasteiger partial charge is 0.351 e. The number of hydrogen-bond acceptors (Lipinski definition) is 12. The number of hydroxylamine groups is 2. The zero-order valence-corrected chi connectivity index (χ0v) is 17.9. The molecule has 1 rings (SSSR count). The number of nitrogens with one attached hydrogen (secondary N) is 2. The molecule has 1 saturated heterocycles. The van der Waals surface area contributed by atoms with Gasteiger partial charge < -0.3 is 42.4 Å². The van der Waals surface area contributed by atoms with Crippen molar-refractivity contribution in [1.82, 2.24) is 15.7 Å². The van der Waals surface area contributed by atoms with Crippen molar-refractivity contribution in [3.8, 4) is 0 Å². The Kier molecular flexibility index (Phi) is 10.8. The van der Waals surface area contributed by atoms with Crippen molar-refractivity contribution in [3.05, 3.63) is 0 Å². The third-order valence-electron chi connectivity index (χ3n) is 4.43. The van der Waals surface area contributed by atoms with E-state index >= 15 is 0 Å². The summed E-state index contributed by atoms with van der Waals surface area (Å²) in [5, 5.41) is 37.4. The number of esters is 1. The molecule has 1 aliphatic rings. The molecule has 1 heterocycles. The molecule has 4 unspecified atom stereocenters. The number of hydrazone groups is 1. The van der Waals surface area contributed by atoms with Crippen LogP contribution in [0.2, 0.25) is 0 Å². The molecule has 2 amide bonds. The lowest BCUT2D eigenvalue weighted by Gasteiger charge is -2.28. The van der Waals surface area contributed by atoms with Crippen molar-refractivity contribution in [3.63, 3.8) is 0 Å². The number of rotatable bonds is 12. The van der Waals surface area contributed by atoms with Crippen molar-refractivity contribution in [1.29, 1.82) is 0 Å². The number of hydrogen-bond donors (Lipinski definition) is 7. The van der Waals surface area contributed by atoms with Gasteiger partial charge in [-0.3, -0.25) is 9.59 Å². The molecule has 180 valence electrons. The molecule has 1 fully saturated rings. The van der Waals surface area contributed by atoms with Crippen LogP contribution < -0.4 is 22.2 Å². The van der Waals surface area contributed by atoms with E-state index in [-0.39, 0.29) is 17.9 Å². The average Bonchev–Trinajstić information content (AvgIpc) is 2.99. The molecule has 9 N–H and O–H groups in total. The summed E-state index contributed by atoms with van der Waals surface area (Å²) in [4.78, 5) is 57.5. The maximum Gasteiger partial charge on any atom is 0.351 e. The van der Waals surface area contributed by atoms with Crippen LogP contribution in [0.1, 0.15) is 13.3 Å². The Balaban J connectivity index is 3.00. The Hall–Kier alpha value is -2.95. The Morgan fingerprint density at radius 1 is 1.25 bits per heavy atom. The molecular formula is C16H26N6O9S. The van der Waals surface area contributed by atoms with E-state index in [2.05, 4.69) is 15.7 Å². The lowest BCUT2D eigenvalue weighted by molar-refractivity contribution is -0.165. The fourth-order valence-electron chi connectivity index (χ4n) is 3.04. The first-order chi connectivity index (χ1) is 15.0. The Labute approximate surface area is 186 Å². The normalized spacial score (nSPS) is 22.8. The second kappa shape index (κ2) is 12.8. The Morgan fingerprint density at radius 3 is 2.41 bits per heavy atom. The molecule has 0 saturated carbocycles. The highest BCUT2D eigenvalue weighted by Gasteiger charge is 2.48. The number of nitrogens with two attached hydrogens (primary N) is 2. The number of ether oxygens (including phenoxy) is 1. The van der Waals surface area contributed by atoms with Gasteiger partial charge in [-0.05, 0) is 0 Å². The highest BCUT2D eigenvalue weighted by atomic mass is 32.2. The summed E-state index contributed by atoms with van der Waals surface area (Å²) in [5.74, 6) is -0.159. The summed E-state index contributed by atoms with van der Waals surface area (Å²) >= 11 is 1.02. The van der Waals surface area contributed by atoms with Gasteiger partial charge in [-0.1, -0.05) is 0 Å². The van der Waals surface area contributed by atoms with Crippen LogP contribution in [0.5, 0.6) is 0 Å². The van der Waals surface area contributed by atoms with Gasteiger partial charge in [-0.15, -0.1) is 0 Å². The third-order valence-corrected chi connectivity index (χ3v) is 5.58. The summed E-state index contributed by atoms with van der Waals surface area (Å²) < 4.78 is 5.20. The molecule has 15 nitrogen and oxygen atoms in total. The van der Waals surface area contributed by atoms with Crippen molar-refractivity contribution >= 4 is 47.7 Å². The van der Waals surface area contributed by atoms with Crippen LogP contribution in [0, 0.1) is 0 Å². The van der Waals surface area contributed by atoms with E-state index in [1.807, 2.05) is 0 Å². The van der Waals surface area contributed by atoms with Gasteiger partial charge in [-0.25, -0.2) is 14.4 Å². The average molecular weight is 478 g/mol. The van der Waals surface area contributed by atoms with Gasteiger partial charge in [0.15, 0.2) is 0 Å². The van der Waals surface area contributed by atoms with E-state index in [9.17, 15) is 39.4 Å². The highest BCUT2D eigenvalue weighted by Crippen LogP contribution is 2.30. The van der Waals surface area contributed by atoms with Gasteiger partial charge >= 0.3 is 17.9 Å². The number of carboxylic acid groups (broad SMARTS) is 2. The SMILES string of the molecule is CC(=O)N[C@@H](CSCC1C(OC(=O)/C=N/N)CC(C(NC(=O)CN)C(=O)O)N1O)C(=O)O. The molecular weight excluding hydrogens is 452 g/mol. The quantitative estimate of drug-likeness (QED) is 0.0624. The van der Waals surface area contributed by atoms with Crippen LogP contribution in [0.15, 0.2) is 5.10 Å². The molecule has 0 radical (unpaired) electrons.